The largest absolute Gasteiger partial charge is 0.395 e. The highest BCUT2D eigenvalue weighted by Gasteiger charge is 2.14. The monoisotopic (exact) mass is 200 g/mol. The molecule has 1 fully saturated rings. The van der Waals surface area contributed by atoms with Crippen LogP contribution in [-0.4, -0.2) is 67.2 Å². The summed E-state index contributed by atoms with van der Waals surface area (Å²) < 4.78 is 0. The number of guanidine groups is 1. The molecule has 3 N–H and O–H groups in total. The van der Waals surface area contributed by atoms with Crippen LogP contribution in [0.25, 0.3) is 0 Å². The van der Waals surface area contributed by atoms with Gasteiger partial charge in [-0.15, -0.1) is 0 Å². The highest BCUT2D eigenvalue weighted by molar-refractivity contribution is 5.77. The second-order valence-electron chi connectivity index (χ2n) is 3.49. The number of rotatable bonds is 2. The summed E-state index contributed by atoms with van der Waals surface area (Å²) in [5.41, 5.74) is 5.74. The first-order valence-corrected chi connectivity index (χ1v) is 5.08. The summed E-state index contributed by atoms with van der Waals surface area (Å²) in [5, 5.41) is 8.83. The van der Waals surface area contributed by atoms with Crippen molar-refractivity contribution in [1.29, 1.82) is 0 Å². The van der Waals surface area contributed by atoms with Crippen molar-refractivity contribution in [3.8, 4) is 0 Å². The van der Waals surface area contributed by atoms with Gasteiger partial charge < -0.3 is 15.7 Å². The molecule has 1 rings (SSSR count). The van der Waals surface area contributed by atoms with Gasteiger partial charge in [0, 0.05) is 33.2 Å². The van der Waals surface area contributed by atoms with E-state index in [1.807, 2.05) is 0 Å². The van der Waals surface area contributed by atoms with Gasteiger partial charge in [0.05, 0.1) is 6.61 Å². The summed E-state index contributed by atoms with van der Waals surface area (Å²) >= 11 is 0. The molecule has 0 radical (unpaired) electrons. The number of hydrogen-bond acceptors (Lipinski definition) is 3. The van der Waals surface area contributed by atoms with Gasteiger partial charge in [-0.05, 0) is 13.0 Å². The van der Waals surface area contributed by atoms with E-state index in [1.54, 1.807) is 7.05 Å². The van der Waals surface area contributed by atoms with E-state index in [9.17, 15) is 0 Å². The normalized spacial score (nSPS) is 21.0. The van der Waals surface area contributed by atoms with E-state index in [4.69, 9.17) is 10.8 Å². The first-order valence-electron chi connectivity index (χ1n) is 5.08. The Hall–Kier alpha value is -0.810. The Labute approximate surface area is 85.2 Å². The van der Waals surface area contributed by atoms with Gasteiger partial charge in [-0.1, -0.05) is 0 Å². The maximum absolute atomic E-state index is 8.83. The van der Waals surface area contributed by atoms with Crippen molar-refractivity contribution < 1.29 is 5.11 Å². The lowest BCUT2D eigenvalue weighted by molar-refractivity contribution is 0.201. The first kappa shape index (κ1) is 11.3. The van der Waals surface area contributed by atoms with Gasteiger partial charge in [0.1, 0.15) is 0 Å². The van der Waals surface area contributed by atoms with Crippen LogP contribution in [0.4, 0.5) is 0 Å². The molecule has 82 valence electrons. The Morgan fingerprint density at radius 2 is 2.14 bits per heavy atom. The summed E-state index contributed by atoms with van der Waals surface area (Å²) in [5.74, 6) is 0.621. The van der Waals surface area contributed by atoms with Crippen molar-refractivity contribution in [1.82, 2.24) is 9.80 Å². The Bertz CT molecular complexity index is 195. The van der Waals surface area contributed by atoms with Crippen LogP contribution in [0, 0.1) is 0 Å². The van der Waals surface area contributed by atoms with Crippen molar-refractivity contribution in [2.24, 2.45) is 10.7 Å². The Kier molecular flexibility index (Phi) is 4.69. The number of nitrogens with zero attached hydrogens (tertiary/aromatic N) is 3. The second-order valence-corrected chi connectivity index (χ2v) is 3.49. The van der Waals surface area contributed by atoms with Crippen LogP contribution in [0.2, 0.25) is 0 Å². The van der Waals surface area contributed by atoms with Gasteiger partial charge in [0.15, 0.2) is 5.96 Å². The third-order valence-corrected chi connectivity index (χ3v) is 2.56. The van der Waals surface area contributed by atoms with Gasteiger partial charge in [-0.2, -0.15) is 0 Å². The zero-order valence-corrected chi connectivity index (χ0v) is 8.82. The van der Waals surface area contributed by atoms with E-state index in [2.05, 4.69) is 14.8 Å². The molecular weight excluding hydrogens is 180 g/mol. The zero-order valence-electron chi connectivity index (χ0n) is 8.82. The fourth-order valence-electron chi connectivity index (χ4n) is 1.71. The van der Waals surface area contributed by atoms with Crippen LogP contribution in [-0.2, 0) is 0 Å². The van der Waals surface area contributed by atoms with E-state index < -0.39 is 0 Å². The Morgan fingerprint density at radius 1 is 1.36 bits per heavy atom. The summed E-state index contributed by atoms with van der Waals surface area (Å²) in [6.07, 6.45) is 1.08. The minimum Gasteiger partial charge on any atom is -0.395 e. The Balaban J connectivity index is 2.40. The lowest BCUT2D eigenvalue weighted by Gasteiger charge is -2.21. The van der Waals surface area contributed by atoms with Crippen molar-refractivity contribution in [3.05, 3.63) is 0 Å². The summed E-state index contributed by atoms with van der Waals surface area (Å²) in [4.78, 5) is 8.32. The van der Waals surface area contributed by atoms with Gasteiger partial charge in [0.25, 0.3) is 0 Å². The highest BCUT2D eigenvalue weighted by atomic mass is 16.3. The van der Waals surface area contributed by atoms with Crippen molar-refractivity contribution in [3.63, 3.8) is 0 Å². The molecule has 14 heavy (non-hydrogen) atoms. The van der Waals surface area contributed by atoms with E-state index in [0.29, 0.717) is 5.96 Å². The SMILES string of the molecule is CN=C(N)N1CCCN(CCO)CC1. The van der Waals surface area contributed by atoms with Crippen molar-refractivity contribution in [2.45, 2.75) is 6.42 Å². The van der Waals surface area contributed by atoms with E-state index in [0.717, 1.165) is 39.1 Å². The van der Waals surface area contributed by atoms with Crippen molar-refractivity contribution in [2.75, 3.05) is 46.4 Å². The van der Waals surface area contributed by atoms with E-state index >= 15 is 0 Å². The average Bonchev–Trinajstić information content (AvgIpc) is 2.43. The molecule has 1 heterocycles. The molecule has 0 spiro atoms. The van der Waals surface area contributed by atoms with Gasteiger partial charge >= 0.3 is 0 Å². The fourth-order valence-corrected chi connectivity index (χ4v) is 1.71. The average molecular weight is 200 g/mol. The van der Waals surface area contributed by atoms with Gasteiger partial charge in [-0.3, -0.25) is 9.89 Å². The van der Waals surface area contributed by atoms with Crippen LogP contribution in [0.3, 0.4) is 0 Å². The third kappa shape index (κ3) is 3.16. The standard InChI is InChI=1S/C9H20N4O/c1-11-9(10)13-4-2-3-12(5-6-13)7-8-14/h14H,2-8H2,1H3,(H2,10,11). The minimum atomic E-state index is 0.233. The fraction of sp³-hybridized carbons (Fsp3) is 0.889. The topological polar surface area (TPSA) is 65.1 Å². The van der Waals surface area contributed by atoms with E-state index in [1.165, 1.54) is 0 Å². The molecule has 0 aromatic carbocycles. The number of aliphatic hydroxyl groups is 1. The predicted octanol–water partition coefficient (Wildman–Crippen LogP) is -1.07. The lowest BCUT2D eigenvalue weighted by atomic mass is 10.4. The minimum absolute atomic E-state index is 0.233. The molecule has 5 nitrogen and oxygen atoms in total. The Morgan fingerprint density at radius 3 is 2.79 bits per heavy atom. The second kappa shape index (κ2) is 5.82. The molecule has 0 bridgehead atoms. The third-order valence-electron chi connectivity index (χ3n) is 2.56. The molecule has 0 aliphatic carbocycles. The summed E-state index contributed by atoms with van der Waals surface area (Å²) in [6.45, 7) is 4.85. The number of hydrogen-bond donors (Lipinski definition) is 2. The quantitative estimate of drug-likeness (QED) is 0.440. The predicted molar refractivity (Wildman–Crippen MR) is 57.3 cm³/mol. The molecule has 1 aliphatic heterocycles. The van der Waals surface area contributed by atoms with E-state index in [-0.39, 0.29) is 6.61 Å². The van der Waals surface area contributed by atoms with Gasteiger partial charge in [0.2, 0.25) is 0 Å². The maximum Gasteiger partial charge on any atom is 0.191 e. The zero-order chi connectivity index (χ0) is 10.4. The number of aliphatic hydroxyl groups excluding tert-OH is 1. The van der Waals surface area contributed by atoms with Crippen LogP contribution in [0.5, 0.6) is 0 Å². The lowest BCUT2D eigenvalue weighted by Crippen LogP contribution is -2.40. The summed E-state index contributed by atoms with van der Waals surface area (Å²) in [6, 6.07) is 0. The number of β-amino-alcohol motifs (C(OH)–C–C–N with tert-alkyl or cyclic N) is 1. The molecule has 0 atom stereocenters. The molecule has 1 aliphatic rings. The molecule has 5 heteroatoms. The van der Waals surface area contributed by atoms with Crippen molar-refractivity contribution >= 4 is 5.96 Å². The maximum atomic E-state index is 8.83. The molecular formula is C9H20N4O. The molecule has 1 saturated heterocycles. The van der Waals surface area contributed by atoms with Crippen LogP contribution in [0.1, 0.15) is 6.42 Å². The van der Waals surface area contributed by atoms with Gasteiger partial charge in [-0.25, -0.2) is 0 Å². The van der Waals surface area contributed by atoms with Crippen LogP contribution < -0.4 is 5.73 Å². The smallest absolute Gasteiger partial charge is 0.191 e. The first-order chi connectivity index (χ1) is 6.77. The molecule has 0 unspecified atom stereocenters. The highest BCUT2D eigenvalue weighted by Crippen LogP contribution is 2.01. The van der Waals surface area contributed by atoms with Crippen LogP contribution >= 0.6 is 0 Å². The molecule has 0 saturated carbocycles. The number of nitrogens with two attached hydrogens (primary N) is 1. The number of aliphatic imine (C=N–C) groups is 1. The molecule has 0 amide bonds. The summed E-state index contributed by atoms with van der Waals surface area (Å²) in [7, 11) is 1.71. The molecule has 0 aromatic rings. The van der Waals surface area contributed by atoms with Crippen LogP contribution in [0.15, 0.2) is 4.99 Å². The molecule has 0 aromatic heterocycles.